The van der Waals surface area contributed by atoms with Crippen LogP contribution in [0.2, 0.25) is 0 Å². The van der Waals surface area contributed by atoms with Crippen molar-refractivity contribution in [3.8, 4) is 23.3 Å². The summed E-state index contributed by atoms with van der Waals surface area (Å²) in [7, 11) is 4.57. The number of nitriles is 1. The minimum absolute atomic E-state index is 0.0408. The van der Waals surface area contributed by atoms with Crippen LogP contribution >= 0.6 is 0 Å². The largest absolute Gasteiger partial charge is 0.493 e. The van der Waals surface area contributed by atoms with Crippen molar-refractivity contribution in [2.75, 3.05) is 32.8 Å². The van der Waals surface area contributed by atoms with Crippen LogP contribution < -0.4 is 24.4 Å². The van der Waals surface area contributed by atoms with E-state index in [9.17, 15) is 9.59 Å². The van der Waals surface area contributed by atoms with Crippen molar-refractivity contribution in [3.63, 3.8) is 0 Å². The molecule has 2 aromatic rings. The van der Waals surface area contributed by atoms with Crippen molar-refractivity contribution in [1.82, 2.24) is 5.32 Å². The molecule has 0 heterocycles. The summed E-state index contributed by atoms with van der Waals surface area (Å²) in [5, 5.41) is 11.7. The number of anilines is 1. The molecule has 0 atom stereocenters. The maximum Gasteiger partial charge on any atom is 0.227 e. The summed E-state index contributed by atoms with van der Waals surface area (Å²) < 4.78 is 15.9. The summed E-state index contributed by atoms with van der Waals surface area (Å²) in [6.07, 6.45) is 0.300. The summed E-state index contributed by atoms with van der Waals surface area (Å²) in [5.41, 5.74) is 1.48. The monoisotopic (exact) mass is 425 g/mol. The lowest BCUT2D eigenvalue weighted by Gasteiger charge is -2.21. The highest BCUT2D eigenvalue weighted by Crippen LogP contribution is 2.38. The third-order valence-corrected chi connectivity index (χ3v) is 4.60. The molecule has 1 N–H and O–H groups in total. The number of nitrogens with one attached hydrogen (secondary N) is 1. The molecule has 0 fully saturated rings. The first-order valence-electron chi connectivity index (χ1n) is 9.82. The topological polar surface area (TPSA) is 101 Å². The Kier molecular flexibility index (Phi) is 9.17. The quantitative estimate of drug-likeness (QED) is 0.594. The molecule has 0 spiro atoms. The Morgan fingerprint density at radius 3 is 2.19 bits per heavy atom. The van der Waals surface area contributed by atoms with Crippen LogP contribution in [-0.2, 0) is 16.1 Å². The molecule has 0 unspecified atom stereocenters. The van der Waals surface area contributed by atoms with Crippen LogP contribution in [0.3, 0.4) is 0 Å². The Hall–Kier alpha value is -3.73. The first-order chi connectivity index (χ1) is 15.0. The molecule has 0 saturated carbocycles. The number of hydrogen-bond donors (Lipinski definition) is 1. The summed E-state index contributed by atoms with van der Waals surface area (Å²) in [5.74, 6) is 1.01. The molecule has 31 heavy (non-hydrogen) atoms. The van der Waals surface area contributed by atoms with E-state index in [0.717, 1.165) is 5.56 Å². The number of nitrogens with zero attached hydrogens (tertiary/aromatic N) is 2. The highest BCUT2D eigenvalue weighted by molar-refractivity contribution is 5.95. The van der Waals surface area contributed by atoms with Gasteiger partial charge in [-0.15, -0.1) is 0 Å². The predicted octanol–water partition coefficient (Wildman–Crippen LogP) is 3.06. The number of rotatable bonds is 11. The van der Waals surface area contributed by atoms with Gasteiger partial charge in [0.05, 0.1) is 33.8 Å². The molecule has 8 heteroatoms. The Morgan fingerprint density at radius 2 is 1.65 bits per heavy atom. The van der Waals surface area contributed by atoms with Gasteiger partial charge in [0.2, 0.25) is 17.6 Å². The number of ether oxygens (including phenoxy) is 3. The van der Waals surface area contributed by atoms with Gasteiger partial charge in [0.25, 0.3) is 0 Å². The fourth-order valence-corrected chi connectivity index (χ4v) is 3.05. The number of hydrogen-bond acceptors (Lipinski definition) is 6. The smallest absolute Gasteiger partial charge is 0.227 e. The Balaban J connectivity index is 1.95. The lowest BCUT2D eigenvalue weighted by Crippen LogP contribution is -2.33. The number of amides is 2. The van der Waals surface area contributed by atoms with Crippen molar-refractivity contribution in [2.45, 2.75) is 25.8 Å². The van der Waals surface area contributed by atoms with E-state index in [1.54, 1.807) is 24.3 Å². The zero-order chi connectivity index (χ0) is 22.6. The molecular formula is C23H27N3O5. The van der Waals surface area contributed by atoms with E-state index in [0.29, 0.717) is 22.9 Å². The molecule has 0 aliphatic carbocycles. The van der Waals surface area contributed by atoms with Gasteiger partial charge in [-0.2, -0.15) is 5.26 Å². The van der Waals surface area contributed by atoms with Gasteiger partial charge in [-0.25, -0.2) is 0 Å². The van der Waals surface area contributed by atoms with Crippen LogP contribution in [0.5, 0.6) is 17.2 Å². The van der Waals surface area contributed by atoms with E-state index in [4.69, 9.17) is 19.5 Å². The zero-order valence-corrected chi connectivity index (χ0v) is 18.0. The Labute approximate surface area is 182 Å². The second-order valence-corrected chi connectivity index (χ2v) is 6.60. The molecule has 0 bridgehead atoms. The second-order valence-electron chi connectivity index (χ2n) is 6.60. The van der Waals surface area contributed by atoms with Gasteiger partial charge < -0.3 is 24.4 Å². The van der Waals surface area contributed by atoms with E-state index in [-0.39, 0.29) is 44.2 Å². The number of methoxy groups -OCH3 is 3. The molecule has 0 aliphatic rings. The molecule has 0 aromatic heterocycles. The van der Waals surface area contributed by atoms with Gasteiger partial charge in [0.15, 0.2) is 11.5 Å². The molecule has 164 valence electrons. The number of para-hydroxylation sites is 1. The molecule has 0 radical (unpaired) electrons. The molecule has 2 amide bonds. The van der Waals surface area contributed by atoms with E-state index < -0.39 is 0 Å². The number of carbonyl (C=O) groups excluding carboxylic acids is 2. The Morgan fingerprint density at radius 1 is 1.00 bits per heavy atom. The SMILES string of the molecule is COc1cc(CNC(=O)CCC(=O)N(CCC#N)c2ccccc2)cc(OC)c1OC. The van der Waals surface area contributed by atoms with Gasteiger partial charge in [-0.3, -0.25) is 9.59 Å². The summed E-state index contributed by atoms with van der Waals surface area (Å²) in [6.45, 7) is 0.535. The van der Waals surface area contributed by atoms with Crippen LogP contribution in [0.4, 0.5) is 5.69 Å². The van der Waals surface area contributed by atoms with Crippen LogP contribution in [0.1, 0.15) is 24.8 Å². The number of carbonyl (C=O) groups is 2. The van der Waals surface area contributed by atoms with E-state index in [2.05, 4.69) is 11.4 Å². The highest BCUT2D eigenvalue weighted by Gasteiger charge is 2.17. The van der Waals surface area contributed by atoms with E-state index in [1.165, 1.54) is 26.2 Å². The van der Waals surface area contributed by atoms with E-state index >= 15 is 0 Å². The van der Waals surface area contributed by atoms with Gasteiger partial charge in [0.1, 0.15) is 0 Å². The fourth-order valence-electron chi connectivity index (χ4n) is 3.05. The minimum atomic E-state index is -0.254. The molecule has 8 nitrogen and oxygen atoms in total. The van der Waals surface area contributed by atoms with Crippen molar-refractivity contribution >= 4 is 17.5 Å². The molecule has 0 saturated heterocycles. The van der Waals surface area contributed by atoms with Gasteiger partial charge >= 0.3 is 0 Å². The Bertz CT molecular complexity index is 900. The first-order valence-corrected chi connectivity index (χ1v) is 9.82. The van der Waals surface area contributed by atoms with E-state index in [1.807, 2.05) is 18.2 Å². The lowest BCUT2D eigenvalue weighted by molar-refractivity contribution is -0.125. The normalized spacial score (nSPS) is 10.0. The van der Waals surface area contributed by atoms with Crippen molar-refractivity contribution in [3.05, 3.63) is 48.0 Å². The van der Waals surface area contributed by atoms with Gasteiger partial charge in [-0.05, 0) is 29.8 Å². The molecule has 2 aromatic carbocycles. The van der Waals surface area contributed by atoms with Crippen molar-refractivity contribution in [1.29, 1.82) is 5.26 Å². The third-order valence-electron chi connectivity index (χ3n) is 4.60. The second kappa shape index (κ2) is 12.1. The standard InChI is InChI=1S/C23H27N3O5/c1-29-19-14-17(15-20(30-2)23(19)31-3)16-25-21(27)10-11-22(28)26(13-7-12-24)18-8-5-4-6-9-18/h4-6,8-9,14-15H,7,10-11,13,16H2,1-3H3,(H,25,27). The zero-order valence-electron chi connectivity index (χ0n) is 18.0. The third kappa shape index (κ3) is 6.64. The average Bonchev–Trinajstić information content (AvgIpc) is 2.81. The number of benzene rings is 2. The first kappa shape index (κ1) is 23.5. The summed E-state index contributed by atoms with van der Waals surface area (Å²) in [6, 6.07) is 14.7. The minimum Gasteiger partial charge on any atom is -0.493 e. The maximum atomic E-state index is 12.7. The van der Waals surface area contributed by atoms with Crippen LogP contribution in [0.15, 0.2) is 42.5 Å². The van der Waals surface area contributed by atoms with Crippen LogP contribution in [0.25, 0.3) is 0 Å². The predicted molar refractivity (Wildman–Crippen MR) is 116 cm³/mol. The molecule has 2 rings (SSSR count). The molecular weight excluding hydrogens is 398 g/mol. The summed E-state index contributed by atoms with van der Waals surface area (Å²) in [4.78, 5) is 26.5. The lowest BCUT2D eigenvalue weighted by atomic mass is 10.1. The average molecular weight is 425 g/mol. The van der Waals surface area contributed by atoms with Crippen LogP contribution in [0, 0.1) is 11.3 Å². The highest BCUT2D eigenvalue weighted by atomic mass is 16.5. The van der Waals surface area contributed by atoms with Crippen LogP contribution in [-0.4, -0.2) is 39.7 Å². The van der Waals surface area contributed by atoms with Gasteiger partial charge in [0, 0.05) is 31.6 Å². The van der Waals surface area contributed by atoms with Gasteiger partial charge in [-0.1, -0.05) is 18.2 Å². The maximum absolute atomic E-state index is 12.7. The molecule has 0 aliphatic heterocycles. The fraction of sp³-hybridized carbons (Fsp3) is 0.348. The van der Waals surface area contributed by atoms with Crippen molar-refractivity contribution < 1.29 is 23.8 Å². The van der Waals surface area contributed by atoms with Crippen molar-refractivity contribution in [2.24, 2.45) is 0 Å². The summed E-state index contributed by atoms with van der Waals surface area (Å²) >= 11 is 0.